The zero-order valence-corrected chi connectivity index (χ0v) is 10.2. The first-order valence-corrected chi connectivity index (χ1v) is 5.27. The minimum Gasteiger partial charge on any atom is -0.383 e. The van der Waals surface area contributed by atoms with Crippen LogP contribution < -0.4 is 16.5 Å². The first-order chi connectivity index (χ1) is 7.56. The Hall–Kier alpha value is -1.18. The number of carbonyl (C=O) groups is 1. The summed E-state index contributed by atoms with van der Waals surface area (Å²) in [5.74, 6) is -0.467. The third-order valence-electron chi connectivity index (χ3n) is 1.84. The highest BCUT2D eigenvalue weighted by Crippen LogP contribution is 2.05. The summed E-state index contributed by atoms with van der Waals surface area (Å²) in [7, 11) is 1.44. The molecular formula is C9H12BrN3O3. The molecule has 16 heavy (non-hydrogen) atoms. The van der Waals surface area contributed by atoms with Gasteiger partial charge in [0.05, 0.1) is 11.1 Å². The highest BCUT2D eigenvalue weighted by molar-refractivity contribution is 9.10. The molecule has 1 heterocycles. The van der Waals surface area contributed by atoms with Gasteiger partial charge in [-0.15, -0.1) is 0 Å². The molecule has 0 fully saturated rings. The lowest BCUT2D eigenvalue weighted by Gasteiger charge is -2.10. The van der Waals surface area contributed by atoms with Crippen LogP contribution in [-0.4, -0.2) is 30.6 Å². The number of hydrogen-bond donors (Lipinski definition) is 3. The molecule has 0 spiro atoms. The van der Waals surface area contributed by atoms with Crippen LogP contribution >= 0.6 is 15.9 Å². The third kappa shape index (κ3) is 3.16. The number of halogens is 1. The van der Waals surface area contributed by atoms with E-state index in [1.54, 1.807) is 0 Å². The summed E-state index contributed by atoms with van der Waals surface area (Å²) in [6, 6.07) is -0.802. The summed E-state index contributed by atoms with van der Waals surface area (Å²) >= 11 is 3.05. The van der Waals surface area contributed by atoms with Crippen LogP contribution in [0.1, 0.15) is 0 Å². The second-order valence-electron chi connectivity index (χ2n) is 3.10. The molecule has 88 valence electrons. The minimum atomic E-state index is -0.802. The van der Waals surface area contributed by atoms with Crippen molar-refractivity contribution in [3.63, 3.8) is 0 Å². The van der Waals surface area contributed by atoms with Crippen molar-refractivity contribution in [2.45, 2.75) is 6.04 Å². The molecule has 1 rings (SSSR count). The van der Waals surface area contributed by atoms with Crippen molar-refractivity contribution in [2.24, 2.45) is 5.73 Å². The first-order valence-electron chi connectivity index (χ1n) is 4.48. The molecule has 1 aromatic rings. The third-order valence-corrected chi connectivity index (χ3v) is 2.43. The lowest BCUT2D eigenvalue weighted by atomic mass is 10.3. The molecule has 1 aromatic heterocycles. The van der Waals surface area contributed by atoms with Crippen LogP contribution in [0.4, 0.5) is 5.69 Å². The molecule has 1 unspecified atom stereocenters. The van der Waals surface area contributed by atoms with E-state index in [1.807, 2.05) is 0 Å². The lowest BCUT2D eigenvalue weighted by Crippen LogP contribution is -2.40. The first kappa shape index (κ1) is 12.9. The van der Waals surface area contributed by atoms with Crippen molar-refractivity contribution in [3.05, 3.63) is 27.1 Å². The average molecular weight is 290 g/mol. The van der Waals surface area contributed by atoms with Crippen molar-refractivity contribution >= 4 is 27.5 Å². The van der Waals surface area contributed by atoms with Crippen molar-refractivity contribution in [3.8, 4) is 0 Å². The molecule has 1 atom stereocenters. The topological polar surface area (TPSA) is 97.2 Å². The normalized spacial score (nSPS) is 12.2. The van der Waals surface area contributed by atoms with Crippen molar-refractivity contribution in [2.75, 3.05) is 19.0 Å². The number of methoxy groups -OCH3 is 1. The van der Waals surface area contributed by atoms with E-state index in [0.29, 0.717) is 4.47 Å². The smallest absolute Gasteiger partial charge is 0.243 e. The van der Waals surface area contributed by atoms with E-state index in [-0.39, 0.29) is 17.7 Å². The summed E-state index contributed by atoms with van der Waals surface area (Å²) < 4.78 is 5.07. The maximum atomic E-state index is 11.5. The van der Waals surface area contributed by atoms with Gasteiger partial charge in [-0.2, -0.15) is 0 Å². The van der Waals surface area contributed by atoms with Crippen molar-refractivity contribution in [1.29, 1.82) is 0 Å². The maximum Gasteiger partial charge on any atom is 0.243 e. The number of H-pyrrole nitrogens is 1. The van der Waals surface area contributed by atoms with Crippen molar-refractivity contribution in [1.82, 2.24) is 4.98 Å². The average Bonchev–Trinajstić information content (AvgIpc) is 2.25. The van der Waals surface area contributed by atoms with Gasteiger partial charge in [-0.05, 0) is 15.9 Å². The molecule has 7 heteroatoms. The Morgan fingerprint density at radius 3 is 3.00 bits per heavy atom. The van der Waals surface area contributed by atoms with Gasteiger partial charge in [0.15, 0.2) is 0 Å². The van der Waals surface area contributed by atoms with Gasteiger partial charge in [0.1, 0.15) is 11.7 Å². The fraction of sp³-hybridized carbons (Fsp3) is 0.333. The molecule has 0 saturated heterocycles. The number of pyridine rings is 1. The molecule has 0 aromatic carbocycles. The molecule has 0 bridgehead atoms. The number of nitrogens with two attached hydrogens (primary N) is 1. The second-order valence-corrected chi connectivity index (χ2v) is 3.95. The zero-order valence-electron chi connectivity index (χ0n) is 8.62. The van der Waals surface area contributed by atoms with Gasteiger partial charge in [0, 0.05) is 19.5 Å². The number of amides is 1. The van der Waals surface area contributed by atoms with E-state index in [0.717, 1.165) is 0 Å². The summed E-state index contributed by atoms with van der Waals surface area (Å²) in [6.07, 6.45) is 2.87. The number of anilines is 1. The monoisotopic (exact) mass is 289 g/mol. The molecule has 6 nitrogen and oxygen atoms in total. The molecule has 4 N–H and O–H groups in total. The van der Waals surface area contributed by atoms with Crippen molar-refractivity contribution < 1.29 is 9.53 Å². The van der Waals surface area contributed by atoms with Gasteiger partial charge in [0.2, 0.25) is 11.3 Å². The van der Waals surface area contributed by atoms with Crippen LogP contribution in [0.25, 0.3) is 0 Å². The van der Waals surface area contributed by atoms with Gasteiger partial charge in [0.25, 0.3) is 0 Å². The predicted molar refractivity (Wildman–Crippen MR) is 63.2 cm³/mol. The zero-order chi connectivity index (χ0) is 12.1. The summed E-state index contributed by atoms with van der Waals surface area (Å²) in [4.78, 5) is 25.7. The number of nitrogens with one attached hydrogen (secondary N) is 2. The quantitative estimate of drug-likeness (QED) is 0.730. The van der Waals surface area contributed by atoms with E-state index >= 15 is 0 Å². The Kier molecular flexibility index (Phi) is 4.66. The van der Waals surface area contributed by atoms with E-state index < -0.39 is 11.9 Å². The molecular weight excluding hydrogens is 278 g/mol. The van der Waals surface area contributed by atoms with Crippen LogP contribution in [0.15, 0.2) is 21.7 Å². The number of rotatable bonds is 4. The Labute approximate surface area is 100 Å². The Morgan fingerprint density at radius 2 is 2.38 bits per heavy atom. The van der Waals surface area contributed by atoms with E-state index in [4.69, 9.17) is 10.5 Å². The SMILES string of the molecule is COCC(N)C(=O)Nc1c[nH]cc(Br)c1=O. The van der Waals surface area contributed by atoms with Crippen LogP contribution in [-0.2, 0) is 9.53 Å². The summed E-state index contributed by atoms with van der Waals surface area (Å²) in [5, 5.41) is 2.42. The van der Waals surface area contributed by atoms with Crippen LogP contribution in [0.5, 0.6) is 0 Å². The summed E-state index contributed by atoms with van der Waals surface area (Å²) in [6.45, 7) is 0.0950. The number of hydrogen-bond acceptors (Lipinski definition) is 4. The van der Waals surface area contributed by atoms with Gasteiger partial charge >= 0.3 is 0 Å². The predicted octanol–water partition coefficient (Wildman–Crippen LogP) is 0.0496. The number of carbonyl (C=O) groups excluding carboxylic acids is 1. The molecule has 0 aliphatic carbocycles. The Balaban J connectivity index is 2.77. The Morgan fingerprint density at radius 1 is 1.69 bits per heavy atom. The second kappa shape index (κ2) is 5.78. The van der Waals surface area contributed by atoms with E-state index in [9.17, 15) is 9.59 Å². The number of aromatic amines is 1. The van der Waals surface area contributed by atoms with E-state index in [2.05, 4.69) is 26.2 Å². The highest BCUT2D eigenvalue weighted by Gasteiger charge is 2.14. The molecule has 0 aliphatic heterocycles. The number of ether oxygens (including phenoxy) is 1. The Bertz CT molecular complexity index is 432. The van der Waals surface area contributed by atoms with Gasteiger partial charge in [-0.25, -0.2) is 0 Å². The highest BCUT2D eigenvalue weighted by atomic mass is 79.9. The van der Waals surface area contributed by atoms with Gasteiger partial charge in [-0.3, -0.25) is 9.59 Å². The largest absolute Gasteiger partial charge is 0.383 e. The maximum absolute atomic E-state index is 11.5. The van der Waals surface area contributed by atoms with Gasteiger partial charge < -0.3 is 20.8 Å². The fourth-order valence-corrected chi connectivity index (χ4v) is 1.38. The van der Waals surface area contributed by atoms with Gasteiger partial charge in [-0.1, -0.05) is 0 Å². The molecule has 0 saturated carbocycles. The van der Waals surface area contributed by atoms with E-state index in [1.165, 1.54) is 19.5 Å². The minimum absolute atomic E-state index is 0.0950. The van der Waals surface area contributed by atoms with Crippen LogP contribution in [0, 0.1) is 0 Å². The number of aromatic nitrogens is 1. The fourth-order valence-electron chi connectivity index (χ4n) is 1.03. The van der Waals surface area contributed by atoms with Crippen LogP contribution in [0.2, 0.25) is 0 Å². The lowest BCUT2D eigenvalue weighted by molar-refractivity contribution is -0.118. The molecule has 0 aliphatic rings. The summed E-state index contributed by atoms with van der Waals surface area (Å²) in [5.41, 5.74) is 5.34. The standard InChI is InChI=1S/C9H12BrN3O3/c1-16-4-6(11)9(15)13-7-3-12-2-5(10)8(7)14/h2-3,6H,4,11H2,1H3,(H,12,14)(H,13,15). The van der Waals surface area contributed by atoms with Crippen LogP contribution in [0.3, 0.4) is 0 Å². The molecule has 0 radical (unpaired) electrons. The molecule has 1 amide bonds.